The number of nitrogens with one attached hydrogen (secondary N) is 1. The van der Waals surface area contributed by atoms with Crippen LogP contribution in [0.1, 0.15) is 19.8 Å². The number of halogens is 3. The van der Waals surface area contributed by atoms with Crippen molar-refractivity contribution in [2.45, 2.75) is 25.9 Å². The molecule has 0 spiro atoms. The van der Waals surface area contributed by atoms with Crippen LogP contribution >= 0.6 is 0 Å². The number of nitrogens with zero attached hydrogens (tertiary/aromatic N) is 1. The Balaban J connectivity index is 2.43. The van der Waals surface area contributed by atoms with Crippen molar-refractivity contribution in [1.82, 2.24) is 10.2 Å². The molecule has 9 heteroatoms. The molecule has 21 heavy (non-hydrogen) atoms. The van der Waals surface area contributed by atoms with E-state index in [2.05, 4.69) is 0 Å². The standard InChI is InChI=1S/C12H21F3N2O3S/c1-2-21(19,20)7-6-17-5-3-4-10(8-17)11(18)16-9-12(13,14)15/h10H,2-9H2,1H3,(H,16,18)/t10-/m1/s1. The second kappa shape index (κ2) is 7.44. The van der Waals surface area contributed by atoms with E-state index in [0.29, 0.717) is 32.5 Å². The van der Waals surface area contributed by atoms with Gasteiger partial charge in [0.1, 0.15) is 6.54 Å². The van der Waals surface area contributed by atoms with Crippen molar-refractivity contribution in [3.05, 3.63) is 0 Å². The van der Waals surface area contributed by atoms with Crippen molar-refractivity contribution < 1.29 is 26.4 Å². The maximum Gasteiger partial charge on any atom is 0.405 e. The highest BCUT2D eigenvalue weighted by Crippen LogP contribution is 2.18. The Morgan fingerprint density at radius 3 is 2.62 bits per heavy atom. The van der Waals surface area contributed by atoms with Gasteiger partial charge in [-0.2, -0.15) is 13.2 Å². The Hall–Kier alpha value is -0.830. The molecule has 0 saturated carbocycles. The minimum absolute atomic E-state index is 0.0143. The molecule has 1 atom stereocenters. The lowest BCUT2D eigenvalue weighted by Crippen LogP contribution is -2.46. The Bertz CT molecular complexity index is 451. The fraction of sp³-hybridized carbons (Fsp3) is 0.917. The van der Waals surface area contributed by atoms with Crippen molar-refractivity contribution in [2.75, 3.05) is 37.7 Å². The van der Waals surface area contributed by atoms with Gasteiger partial charge in [0.2, 0.25) is 5.91 Å². The lowest BCUT2D eigenvalue weighted by atomic mass is 9.97. The number of likely N-dealkylation sites (tertiary alicyclic amines) is 1. The third-order valence-electron chi connectivity index (χ3n) is 3.50. The first-order valence-corrected chi connectivity index (χ1v) is 8.72. The first-order chi connectivity index (χ1) is 9.63. The molecule has 1 aliphatic rings. The maximum absolute atomic E-state index is 12.1. The molecule has 0 radical (unpaired) electrons. The van der Waals surface area contributed by atoms with Crippen LogP contribution in [0, 0.1) is 5.92 Å². The Morgan fingerprint density at radius 2 is 2.05 bits per heavy atom. The van der Waals surface area contributed by atoms with Crippen molar-refractivity contribution >= 4 is 15.7 Å². The van der Waals surface area contributed by atoms with E-state index in [0.717, 1.165) is 0 Å². The minimum Gasteiger partial charge on any atom is -0.347 e. The summed E-state index contributed by atoms with van der Waals surface area (Å²) < 4.78 is 59.1. The summed E-state index contributed by atoms with van der Waals surface area (Å²) in [5.41, 5.74) is 0. The van der Waals surface area contributed by atoms with Gasteiger partial charge in [0, 0.05) is 18.8 Å². The maximum atomic E-state index is 12.1. The number of hydrogen-bond donors (Lipinski definition) is 1. The van der Waals surface area contributed by atoms with Crippen LogP contribution in [-0.4, -0.2) is 63.1 Å². The molecule has 1 rings (SSSR count). The Kier molecular flexibility index (Phi) is 6.45. The summed E-state index contributed by atoms with van der Waals surface area (Å²) in [6.07, 6.45) is -3.21. The lowest BCUT2D eigenvalue weighted by molar-refractivity contribution is -0.141. The van der Waals surface area contributed by atoms with Gasteiger partial charge in [0.05, 0.1) is 11.7 Å². The van der Waals surface area contributed by atoms with Crippen LogP contribution in [0.5, 0.6) is 0 Å². The summed E-state index contributed by atoms with van der Waals surface area (Å²) in [6.45, 7) is 1.54. The average Bonchev–Trinajstić information content (AvgIpc) is 2.42. The molecule has 1 amide bonds. The van der Waals surface area contributed by atoms with E-state index in [9.17, 15) is 26.4 Å². The van der Waals surface area contributed by atoms with Gasteiger partial charge in [-0.05, 0) is 19.4 Å². The van der Waals surface area contributed by atoms with Gasteiger partial charge >= 0.3 is 6.18 Å². The molecule has 124 valence electrons. The number of carbonyl (C=O) groups excluding carboxylic acids is 1. The number of rotatable bonds is 6. The van der Waals surface area contributed by atoms with Crippen molar-refractivity contribution in [1.29, 1.82) is 0 Å². The van der Waals surface area contributed by atoms with Gasteiger partial charge in [-0.1, -0.05) is 6.92 Å². The predicted octanol–water partition coefficient (Wildman–Crippen LogP) is 0.812. The summed E-state index contributed by atoms with van der Waals surface area (Å²) in [4.78, 5) is 13.5. The lowest BCUT2D eigenvalue weighted by Gasteiger charge is -2.31. The number of sulfone groups is 1. The van der Waals surface area contributed by atoms with Gasteiger partial charge in [-0.25, -0.2) is 8.42 Å². The normalized spacial score (nSPS) is 21.2. The van der Waals surface area contributed by atoms with Gasteiger partial charge in [-0.3, -0.25) is 4.79 Å². The zero-order chi connectivity index (χ0) is 16.1. The number of piperidine rings is 1. The second-order valence-corrected chi connectivity index (χ2v) is 7.68. The molecule has 1 heterocycles. The van der Waals surface area contributed by atoms with E-state index in [1.807, 2.05) is 10.2 Å². The van der Waals surface area contributed by atoms with E-state index in [-0.39, 0.29) is 11.5 Å². The molecule has 1 fully saturated rings. The monoisotopic (exact) mass is 330 g/mol. The number of hydrogen-bond acceptors (Lipinski definition) is 4. The summed E-state index contributed by atoms with van der Waals surface area (Å²) in [6, 6.07) is 0. The van der Waals surface area contributed by atoms with Crippen LogP contribution < -0.4 is 5.32 Å². The quantitative estimate of drug-likeness (QED) is 0.783. The topological polar surface area (TPSA) is 66.5 Å². The molecule has 1 saturated heterocycles. The molecule has 0 unspecified atom stereocenters. The van der Waals surface area contributed by atoms with Crippen LogP contribution in [0.15, 0.2) is 0 Å². The average molecular weight is 330 g/mol. The van der Waals surface area contributed by atoms with Crippen molar-refractivity contribution in [2.24, 2.45) is 5.92 Å². The summed E-state index contributed by atoms with van der Waals surface area (Å²) >= 11 is 0. The van der Waals surface area contributed by atoms with Crippen LogP contribution in [0.2, 0.25) is 0 Å². The summed E-state index contributed by atoms with van der Waals surface area (Å²) in [5.74, 6) is -1.04. The van der Waals surface area contributed by atoms with Gasteiger partial charge in [-0.15, -0.1) is 0 Å². The van der Waals surface area contributed by atoms with Gasteiger partial charge in [0.25, 0.3) is 0 Å². The van der Waals surface area contributed by atoms with Gasteiger partial charge in [0.15, 0.2) is 9.84 Å². The highest BCUT2D eigenvalue weighted by molar-refractivity contribution is 7.91. The highest BCUT2D eigenvalue weighted by atomic mass is 32.2. The molecule has 0 bridgehead atoms. The zero-order valence-electron chi connectivity index (χ0n) is 11.9. The van der Waals surface area contributed by atoms with Crippen LogP contribution in [0.3, 0.4) is 0 Å². The third kappa shape index (κ3) is 7.12. The fourth-order valence-corrected chi connectivity index (χ4v) is 3.04. The Labute approximate surface area is 122 Å². The Morgan fingerprint density at radius 1 is 1.38 bits per heavy atom. The van der Waals surface area contributed by atoms with Crippen molar-refractivity contribution in [3.8, 4) is 0 Å². The molecule has 0 aromatic carbocycles. The molecule has 0 aliphatic carbocycles. The van der Waals surface area contributed by atoms with Crippen molar-refractivity contribution in [3.63, 3.8) is 0 Å². The summed E-state index contributed by atoms with van der Waals surface area (Å²) in [7, 11) is -3.08. The minimum atomic E-state index is -4.42. The number of alkyl halides is 3. The zero-order valence-corrected chi connectivity index (χ0v) is 12.8. The van der Waals surface area contributed by atoms with E-state index in [1.54, 1.807) is 6.92 Å². The second-order valence-electron chi connectivity index (χ2n) is 5.21. The fourth-order valence-electron chi connectivity index (χ4n) is 2.22. The smallest absolute Gasteiger partial charge is 0.347 e. The summed E-state index contributed by atoms with van der Waals surface area (Å²) in [5, 5.41) is 1.89. The van der Waals surface area contributed by atoms with Crippen LogP contribution in [-0.2, 0) is 14.6 Å². The molecule has 0 aromatic rings. The third-order valence-corrected chi connectivity index (χ3v) is 5.18. The first-order valence-electron chi connectivity index (χ1n) is 6.90. The predicted molar refractivity (Wildman–Crippen MR) is 72.6 cm³/mol. The molecule has 5 nitrogen and oxygen atoms in total. The largest absolute Gasteiger partial charge is 0.405 e. The van der Waals surface area contributed by atoms with Crippen LogP contribution in [0.4, 0.5) is 13.2 Å². The first kappa shape index (κ1) is 18.2. The van der Waals surface area contributed by atoms with Crippen LogP contribution in [0.25, 0.3) is 0 Å². The molecule has 0 aromatic heterocycles. The molecule has 1 N–H and O–H groups in total. The molecular weight excluding hydrogens is 309 g/mol. The SMILES string of the molecule is CCS(=O)(=O)CCN1CCC[C@@H](C(=O)NCC(F)(F)F)C1. The number of amides is 1. The van der Waals surface area contributed by atoms with Gasteiger partial charge < -0.3 is 10.2 Å². The van der Waals surface area contributed by atoms with E-state index in [1.165, 1.54) is 0 Å². The van der Waals surface area contributed by atoms with E-state index >= 15 is 0 Å². The highest BCUT2D eigenvalue weighted by Gasteiger charge is 2.31. The molecular formula is C12H21F3N2O3S. The number of carbonyl (C=O) groups is 1. The van der Waals surface area contributed by atoms with E-state index < -0.39 is 34.4 Å². The molecule has 1 aliphatic heterocycles. The van der Waals surface area contributed by atoms with E-state index in [4.69, 9.17) is 0 Å².